The largest absolute Gasteiger partial charge is 0.298 e. The lowest BCUT2D eigenvalue weighted by molar-refractivity contribution is -0.128. The maximum absolute atomic E-state index is 16.0. The van der Waals surface area contributed by atoms with E-state index in [1.807, 2.05) is 0 Å². The van der Waals surface area contributed by atoms with Crippen molar-refractivity contribution in [2.75, 3.05) is 0 Å². The monoisotopic (exact) mass is 332 g/mol. The number of carbonyl (C=O) groups is 2. The SMILES string of the molecule is O=CC1=CC=NC(C(=O)C2CCCCC2)C1(F)c1ccncc1F. The van der Waals surface area contributed by atoms with Crippen LogP contribution in [0, 0.1) is 11.7 Å². The summed E-state index contributed by atoms with van der Waals surface area (Å²) < 4.78 is 30.2. The molecule has 2 aliphatic rings. The van der Waals surface area contributed by atoms with Crippen molar-refractivity contribution in [3.05, 3.63) is 41.5 Å². The van der Waals surface area contributed by atoms with Gasteiger partial charge in [0.15, 0.2) is 17.5 Å². The van der Waals surface area contributed by atoms with Gasteiger partial charge in [0.2, 0.25) is 0 Å². The summed E-state index contributed by atoms with van der Waals surface area (Å²) in [6.45, 7) is 0. The molecule has 1 aliphatic heterocycles. The van der Waals surface area contributed by atoms with E-state index in [0.717, 1.165) is 31.5 Å². The number of Topliss-reactive ketones (excluding diaryl/α,β-unsaturated/α-hetero) is 1. The number of dihydropyridines is 1. The molecule has 3 rings (SSSR count). The first-order chi connectivity index (χ1) is 11.6. The summed E-state index contributed by atoms with van der Waals surface area (Å²) in [4.78, 5) is 31.9. The second kappa shape index (κ2) is 6.71. The quantitative estimate of drug-likeness (QED) is 0.796. The molecule has 24 heavy (non-hydrogen) atoms. The van der Waals surface area contributed by atoms with Crippen molar-refractivity contribution < 1.29 is 18.4 Å². The van der Waals surface area contributed by atoms with Crippen LogP contribution in [-0.4, -0.2) is 29.3 Å². The van der Waals surface area contributed by atoms with Gasteiger partial charge in [0.05, 0.1) is 6.20 Å². The van der Waals surface area contributed by atoms with Gasteiger partial charge in [-0.2, -0.15) is 0 Å². The van der Waals surface area contributed by atoms with Crippen molar-refractivity contribution in [3.63, 3.8) is 0 Å². The number of aromatic nitrogens is 1. The minimum absolute atomic E-state index is 0.295. The predicted octanol–water partition coefficient (Wildman–Crippen LogP) is 3.11. The number of aliphatic imine (C=N–C) groups is 1. The Kier molecular flexibility index (Phi) is 4.64. The summed E-state index contributed by atoms with van der Waals surface area (Å²) in [6.07, 6.45) is 9.12. The highest BCUT2D eigenvalue weighted by molar-refractivity contribution is 5.97. The fourth-order valence-corrected chi connectivity index (χ4v) is 3.57. The Morgan fingerprint density at radius 2 is 2.04 bits per heavy atom. The third kappa shape index (κ3) is 2.70. The van der Waals surface area contributed by atoms with Crippen molar-refractivity contribution in [2.24, 2.45) is 10.9 Å². The zero-order valence-corrected chi connectivity index (χ0v) is 13.1. The maximum atomic E-state index is 16.0. The molecule has 2 atom stereocenters. The van der Waals surface area contributed by atoms with Crippen LogP contribution < -0.4 is 0 Å². The fourth-order valence-electron chi connectivity index (χ4n) is 3.57. The van der Waals surface area contributed by atoms with E-state index in [2.05, 4.69) is 9.98 Å². The first kappa shape index (κ1) is 16.6. The molecule has 0 radical (unpaired) electrons. The van der Waals surface area contributed by atoms with Crippen LogP contribution in [0.3, 0.4) is 0 Å². The topological polar surface area (TPSA) is 59.4 Å². The lowest BCUT2D eigenvalue weighted by Gasteiger charge is -2.35. The van der Waals surface area contributed by atoms with Crippen LogP contribution in [0.5, 0.6) is 0 Å². The zero-order chi connectivity index (χ0) is 17.2. The number of pyridine rings is 1. The van der Waals surface area contributed by atoms with Gasteiger partial charge >= 0.3 is 0 Å². The van der Waals surface area contributed by atoms with Crippen LogP contribution >= 0.6 is 0 Å². The first-order valence-corrected chi connectivity index (χ1v) is 8.10. The summed E-state index contributed by atoms with van der Waals surface area (Å²) in [7, 11) is 0. The van der Waals surface area contributed by atoms with E-state index in [1.165, 1.54) is 18.5 Å². The molecular weight excluding hydrogens is 314 g/mol. The molecule has 1 aromatic rings. The minimum atomic E-state index is -2.60. The number of aldehydes is 1. The van der Waals surface area contributed by atoms with E-state index in [0.29, 0.717) is 19.1 Å². The summed E-state index contributed by atoms with van der Waals surface area (Å²) >= 11 is 0. The number of rotatable bonds is 4. The molecule has 0 aromatic carbocycles. The Hall–Kier alpha value is -2.24. The van der Waals surface area contributed by atoms with Crippen molar-refractivity contribution in [1.82, 2.24) is 4.98 Å². The van der Waals surface area contributed by atoms with E-state index in [1.54, 1.807) is 0 Å². The molecule has 0 bridgehead atoms. The van der Waals surface area contributed by atoms with Crippen LogP contribution in [0.2, 0.25) is 0 Å². The van der Waals surface area contributed by atoms with E-state index in [9.17, 15) is 14.0 Å². The molecular formula is C18H18F2N2O2. The molecule has 0 amide bonds. The van der Waals surface area contributed by atoms with Gasteiger partial charge < -0.3 is 0 Å². The average Bonchev–Trinajstić information content (AvgIpc) is 2.62. The molecule has 1 aromatic heterocycles. The average molecular weight is 332 g/mol. The van der Waals surface area contributed by atoms with Crippen molar-refractivity contribution >= 4 is 18.3 Å². The number of hydrogen-bond acceptors (Lipinski definition) is 4. The third-order valence-corrected chi connectivity index (χ3v) is 4.85. The van der Waals surface area contributed by atoms with Gasteiger partial charge in [-0.05, 0) is 25.0 Å². The number of halogens is 2. The highest BCUT2D eigenvalue weighted by Gasteiger charge is 2.52. The van der Waals surface area contributed by atoms with Gasteiger partial charge in [-0.3, -0.25) is 19.6 Å². The Balaban J connectivity index is 2.05. The molecule has 2 heterocycles. The van der Waals surface area contributed by atoms with Gasteiger partial charge in [0.1, 0.15) is 12.1 Å². The van der Waals surface area contributed by atoms with E-state index in [-0.39, 0.29) is 22.8 Å². The molecule has 1 aliphatic carbocycles. The Labute approximate surface area is 138 Å². The normalized spacial score (nSPS) is 27.6. The minimum Gasteiger partial charge on any atom is -0.298 e. The summed E-state index contributed by atoms with van der Waals surface area (Å²) in [6, 6.07) is -0.281. The van der Waals surface area contributed by atoms with Crippen molar-refractivity contribution in [2.45, 2.75) is 43.8 Å². The molecule has 0 N–H and O–H groups in total. The summed E-state index contributed by atoms with van der Waals surface area (Å²) in [5.74, 6) is -1.56. The Bertz CT molecular complexity index is 711. The number of alkyl halides is 1. The second-order valence-corrected chi connectivity index (χ2v) is 6.25. The molecule has 126 valence electrons. The smallest absolute Gasteiger partial charge is 0.196 e. The van der Waals surface area contributed by atoms with Crippen LogP contribution in [0.4, 0.5) is 8.78 Å². The molecule has 2 unspecified atom stereocenters. The Morgan fingerprint density at radius 3 is 2.71 bits per heavy atom. The lowest BCUT2D eigenvalue weighted by Crippen LogP contribution is -2.47. The van der Waals surface area contributed by atoms with E-state index >= 15 is 4.39 Å². The number of carbonyl (C=O) groups excluding carboxylic acids is 2. The lowest BCUT2D eigenvalue weighted by atomic mass is 9.74. The zero-order valence-electron chi connectivity index (χ0n) is 13.1. The van der Waals surface area contributed by atoms with E-state index < -0.39 is 17.5 Å². The molecule has 0 saturated heterocycles. The fraction of sp³-hybridized carbons (Fsp3) is 0.444. The van der Waals surface area contributed by atoms with Crippen LogP contribution in [0.15, 0.2) is 35.1 Å². The van der Waals surface area contributed by atoms with Gasteiger partial charge in [-0.15, -0.1) is 0 Å². The van der Waals surface area contributed by atoms with Gasteiger partial charge in [-0.25, -0.2) is 8.78 Å². The second-order valence-electron chi connectivity index (χ2n) is 6.25. The van der Waals surface area contributed by atoms with Gasteiger partial charge in [0, 0.05) is 29.5 Å². The van der Waals surface area contributed by atoms with Crippen molar-refractivity contribution in [3.8, 4) is 0 Å². The van der Waals surface area contributed by atoms with Crippen molar-refractivity contribution in [1.29, 1.82) is 0 Å². The molecule has 0 spiro atoms. The molecule has 4 nitrogen and oxygen atoms in total. The third-order valence-electron chi connectivity index (χ3n) is 4.85. The van der Waals surface area contributed by atoms with Crippen LogP contribution in [0.25, 0.3) is 0 Å². The summed E-state index contributed by atoms with van der Waals surface area (Å²) in [5, 5.41) is 0. The van der Waals surface area contributed by atoms with Gasteiger partial charge in [-0.1, -0.05) is 19.3 Å². The predicted molar refractivity (Wildman–Crippen MR) is 85.0 cm³/mol. The van der Waals surface area contributed by atoms with Crippen LogP contribution in [-0.2, 0) is 15.3 Å². The number of hydrogen-bond donors (Lipinski definition) is 0. The molecule has 1 saturated carbocycles. The van der Waals surface area contributed by atoms with Crippen LogP contribution in [0.1, 0.15) is 37.7 Å². The summed E-state index contributed by atoms with van der Waals surface area (Å²) in [5.41, 5.74) is -3.27. The number of ketones is 1. The van der Waals surface area contributed by atoms with Gasteiger partial charge in [0.25, 0.3) is 0 Å². The highest BCUT2D eigenvalue weighted by atomic mass is 19.1. The first-order valence-electron chi connectivity index (χ1n) is 8.10. The number of allylic oxidation sites excluding steroid dienone is 1. The Morgan fingerprint density at radius 1 is 1.29 bits per heavy atom. The standard InChI is InChI=1S/C18H18F2N2O2/c19-15-10-21-8-7-14(15)18(20)13(11-23)6-9-22-17(18)16(24)12-4-2-1-3-5-12/h6-12,17H,1-5H2. The highest BCUT2D eigenvalue weighted by Crippen LogP contribution is 2.43. The number of nitrogens with zero attached hydrogens (tertiary/aromatic N) is 2. The molecule has 1 fully saturated rings. The molecule has 6 heteroatoms. The maximum Gasteiger partial charge on any atom is 0.196 e. The van der Waals surface area contributed by atoms with E-state index in [4.69, 9.17) is 0 Å².